The molecule has 1 heteroatoms. The molecule has 8 heavy (non-hydrogen) atoms. The van der Waals surface area contributed by atoms with E-state index in [4.69, 9.17) is 7.85 Å². The molecular formula is C7H15B. The van der Waals surface area contributed by atoms with E-state index in [2.05, 4.69) is 20.8 Å². The first-order chi connectivity index (χ1) is 3.56. The molecule has 0 heterocycles. The van der Waals surface area contributed by atoms with Crippen molar-refractivity contribution in [1.29, 1.82) is 0 Å². The highest BCUT2D eigenvalue weighted by molar-refractivity contribution is 6.08. The van der Waals surface area contributed by atoms with Gasteiger partial charge in [-0.1, -0.05) is 33.5 Å². The van der Waals surface area contributed by atoms with Gasteiger partial charge in [0.05, 0.1) is 7.85 Å². The zero-order valence-corrected chi connectivity index (χ0v) is 6.20. The molecule has 0 nitrogen and oxygen atoms in total. The van der Waals surface area contributed by atoms with Crippen LogP contribution < -0.4 is 0 Å². The van der Waals surface area contributed by atoms with Crippen LogP contribution in [0.2, 0.25) is 6.32 Å². The summed E-state index contributed by atoms with van der Waals surface area (Å²) in [4.78, 5) is 0. The Morgan fingerprint density at radius 3 is 1.88 bits per heavy atom. The summed E-state index contributed by atoms with van der Waals surface area (Å²) in [6.45, 7) is 6.72. The molecule has 0 atom stereocenters. The fraction of sp³-hybridized carbons (Fsp3) is 1.00. The topological polar surface area (TPSA) is 0 Å². The normalized spacial score (nSPS) is 11.9. The van der Waals surface area contributed by atoms with Gasteiger partial charge in [0.2, 0.25) is 0 Å². The van der Waals surface area contributed by atoms with Gasteiger partial charge in [-0.25, -0.2) is 0 Å². The quantitative estimate of drug-likeness (QED) is 0.478. The Morgan fingerprint density at radius 2 is 1.75 bits per heavy atom. The first-order valence-corrected chi connectivity index (χ1v) is 3.26. The maximum atomic E-state index is 5.34. The summed E-state index contributed by atoms with van der Waals surface area (Å²) in [5.74, 6) is 0. The summed E-state index contributed by atoms with van der Waals surface area (Å²) in [5.41, 5.74) is 0.472. The second-order valence-electron chi connectivity index (χ2n) is 3.45. The monoisotopic (exact) mass is 110 g/mol. The Labute approximate surface area is 54.1 Å². The minimum absolute atomic E-state index is 0.472. The molecule has 0 aromatic rings. The molecule has 0 amide bonds. The molecule has 0 spiro atoms. The Bertz CT molecular complexity index is 51.9. The highest BCUT2D eigenvalue weighted by atomic mass is 14.1. The molecule has 46 valence electrons. The van der Waals surface area contributed by atoms with Crippen LogP contribution in [0.1, 0.15) is 33.6 Å². The average Bonchev–Trinajstić information content (AvgIpc) is 1.59. The SMILES string of the molecule is [B]CCCC(C)(C)C. The van der Waals surface area contributed by atoms with Crippen LogP contribution in [0.4, 0.5) is 0 Å². The van der Waals surface area contributed by atoms with Gasteiger partial charge in [-0.05, 0) is 11.8 Å². The molecule has 0 N–H and O–H groups in total. The molecule has 0 saturated carbocycles. The number of rotatable bonds is 2. The Balaban J connectivity index is 3.11. The molecule has 0 aliphatic carbocycles. The van der Waals surface area contributed by atoms with Crippen molar-refractivity contribution < 1.29 is 0 Å². The third kappa shape index (κ3) is 6.06. The minimum atomic E-state index is 0.472. The molecule has 2 radical (unpaired) electrons. The van der Waals surface area contributed by atoms with Crippen molar-refractivity contribution in [3.63, 3.8) is 0 Å². The van der Waals surface area contributed by atoms with Gasteiger partial charge in [0.1, 0.15) is 0 Å². The fourth-order valence-electron chi connectivity index (χ4n) is 0.632. The first kappa shape index (κ1) is 8.06. The molecule has 0 aliphatic heterocycles. The Morgan fingerprint density at radius 1 is 1.25 bits per heavy atom. The molecule has 0 aromatic carbocycles. The molecule has 0 aromatic heterocycles. The molecule has 0 unspecified atom stereocenters. The number of hydrogen-bond acceptors (Lipinski definition) is 0. The van der Waals surface area contributed by atoms with Crippen LogP contribution in [0.15, 0.2) is 0 Å². The van der Waals surface area contributed by atoms with E-state index >= 15 is 0 Å². The fourth-order valence-corrected chi connectivity index (χ4v) is 0.632. The van der Waals surface area contributed by atoms with E-state index in [9.17, 15) is 0 Å². The van der Waals surface area contributed by atoms with Gasteiger partial charge < -0.3 is 0 Å². The van der Waals surface area contributed by atoms with E-state index < -0.39 is 0 Å². The van der Waals surface area contributed by atoms with Crippen molar-refractivity contribution in [3.8, 4) is 0 Å². The smallest absolute Gasteiger partial charge is 0.0653 e. The summed E-state index contributed by atoms with van der Waals surface area (Å²) in [5, 5.41) is 0. The molecule has 0 aliphatic rings. The van der Waals surface area contributed by atoms with E-state index in [0.29, 0.717) is 5.41 Å². The molecular weight excluding hydrogens is 94.9 g/mol. The molecule has 0 rings (SSSR count). The summed E-state index contributed by atoms with van der Waals surface area (Å²) < 4.78 is 0. The van der Waals surface area contributed by atoms with Gasteiger partial charge in [-0.3, -0.25) is 0 Å². The largest absolute Gasteiger partial charge is 0.0887 e. The second kappa shape index (κ2) is 3.16. The lowest BCUT2D eigenvalue weighted by molar-refractivity contribution is 0.373. The van der Waals surface area contributed by atoms with E-state index in [1.165, 1.54) is 6.42 Å². The van der Waals surface area contributed by atoms with Crippen LogP contribution >= 0.6 is 0 Å². The van der Waals surface area contributed by atoms with Gasteiger partial charge in [0.25, 0.3) is 0 Å². The van der Waals surface area contributed by atoms with Crippen LogP contribution in [-0.2, 0) is 0 Å². The summed E-state index contributed by atoms with van der Waals surface area (Å²) in [7, 11) is 5.34. The predicted octanol–water partition coefficient (Wildman–Crippen LogP) is 2.40. The lowest BCUT2D eigenvalue weighted by atomic mass is 9.87. The molecule has 0 fully saturated rings. The number of hydrogen-bond donors (Lipinski definition) is 0. The summed E-state index contributed by atoms with van der Waals surface area (Å²) >= 11 is 0. The van der Waals surface area contributed by atoms with Crippen molar-refractivity contribution in [2.45, 2.75) is 39.9 Å². The van der Waals surface area contributed by atoms with Gasteiger partial charge in [0, 0.05) is 0 Å². The third-order valence-corrected chi connectivity index (χ3v) is 1.13. The van der Waals surface area contributed by atoms with Crippen LogP contribution in [-0.4, -0.2) is 7.85 Å². The van der Waals surface area contributed by atoms with Crippen LogP contribution in [0.3, 0.4) is 0 Å². The maximum absolute atomic E-state index is 5.34. The van der Waals surface area contributed by atoms with Gasteiger partial charge in [0.15, 0.2) is 0 Å². The standard InChI is InChI=1S/C7H15B/c1-7(2,3)5-4-6-8/h4-6H2,1-3H3. The third-order valence-electron chi connectivity index (χ3n) is 1.13. The van der Waals surface area contributed by atoms with Crippen molar-refractivity contribution in [3.05, 3.63) is 0 Å². The lowest BCUT2D eigenvalue weighted by Crippen LogP contribution is -2.03. The highest BCUT2D eigenvalue weighted by Crippen LogP contribution is 2.20. The second-order valence-corrected chi connectivity index (χ2v) is 3.45. The van der Waals surface area contributed by atoms with Crippen LogP contribution in [0.5, 0.6) is 0 Å². The van der Waals surface area contributed by atoms with Gasteiger partial charge >= 0.3 is 0 Å². The highest BCUT2D eigenvalue weighted by Gasteiger charge is 2.07. The molecule has 0 bridgehead atoms. The Hall–Kier alpha value is 0.0649. The van der Waals surface area contributed by atoms with Gasteiger partial charge in [-0.2, -0.15) is 0 Å². The summed E-state index contributed by atoms with van der Waals surface area (Å²) in [6, 6.07) is 0. The van der Waals surface area contributed by atoms with E-state index in [0.717, 1.165) is 12.7 Å². The lowest BCUT2D eigenvalue weighted by Gasteiger charge is -2.16. The molecule has 0 saturated heterocycles. The summed E-state index contributed by atoms with van der Waals surface area (Å²) in [6.07, 6.45) is 3.23. The predicted molar refractivity (Wildman–Crippen MR) is 39.2 cm³/mol. The zero-order chi connectivity index (χ0) is 6.62. The zero-order valence-electron chi connectivity index (χ0n) is 6.20. The first-order valence-electron chi connectivity index (χ1n) is 3.26. The Kier molecular flexibility index (Phi) is 3.19. The van der Waals surface area contributed by atoms with E-state index in [1.54, 1.807) is 0 Å². The van der Waals surface area contributed by atoms with E-state index in [1.807, 2.05) is 0 Å². The van der Waals surface area contributed by atoms with Crippen LogP contribution in [0.25, 0.3) is 0 Å². The average molecular weight is 110 g/mol. The van der Waals surface area contributed by atoms with Gasteiger partial charge in [-0.15, -0.1) is 0 Å². The van der Waals surface area contributed by atoms with Crippen molar-refractivity contribution in [2.24, 2.45) is 5.41 Å². The van der Waals surface area contributed by atoms with Crippen LogP contribution in [0, 0.1) is 5.41 Å². The van der Waals surface area contributed by atoms with Crippen molar-refractivity contribution >= 4 is 7.85 Å². The van der Waals surface area contributed by atoms with Crippen molar-refractivity contribution in [1.82, 2.24) is 0 Å². The maximum Gasteiger partial charge on any atom is 0.0653 e. The van der Waals surface area contributed by atoms with Crippen molar-refractivity contribution in [2.75, 3.05) is 0 Å². The minimum Gasteiger partial charge on any atom is -0.0887 e. The van der Waals surface area contributed by atoms with E-state index in [-0.39, 0.29) is 0 Å².